The summed E-state index contributed by atoms with van der Waals surface area (Å²) in [4.78, 5) is 54.6. The van der Waals surface area contributed by atoms with Gasteiger partial charge in [0.1, 0.15) is 12.5 Å². The summed E-state index contributed by atoms with van der Waals surface area (Å²) in [7, 11) is 1.62. The highest BCUT2D eigenvalue weighted by atomic mass is 16.6. The molecule has 2 atom stereocenters. The number of carboxylic acids is 1. The van der Waals surface area contributed by atoms with Crippen molar-refractivity contribution < 1.29 is 29.2 Å². The normalized spacial score (nSPS) is 17.4. The third-order valence-corrected chi connectivity index (χ3v) is 5.96. The molecule has 2 aromatic carbocycles. The summed E-state index contributed by atoms with van der Waals surface area (Å²) in [6.45, 7) is 2.06. The van der Waals surface area contributed by atoms with Crippen LogP contribution in [0.4, 0.5) is 10.5 Å². The number of carbonyl (C=O) groups excluding carboxylic acids is 2. The van der Waals surface area contributed by atoms with E-state index >= 15 is 0 Å². The van der Waals surface area contributed by atoms with Gasteiger partial charge >= 0.3 is 12.0 Å². The summed E-state index contributed by atoms with van der Waals surface area (Å²) in [5.41, 5.74) is 1.21. The van der Waals surface area contributed by atoms with Crippen molar-refractivity contribution in [2.24, 2.45) is 10.9 Å². The number of rotatable bonds is 11. The molecule has 11 nitrogen and oxygen atoms in total. The van der Waals surface area contributed by atoms with Gasteiger partial charge in [0, 0.05) is 38.0 Å². The molecule has 36 heavy (non-hydrogen) atoms. The number of benzene rings is 2. The Morgan fingerprint density at radius 1 is 1.19 bits per heavy atom. The number of nitro benzene ring substituents is 1. The molecule has 11 heteroatoms. The number of nitro groups is 1. The van der Waals surface area contributed by atoms with Crippen LogP contribution in [-0.4, -0.2) is 70.2 Å². The van der Waals surface area contributed by atoms with Gasteiger partial charge in [-0.1, -0.05) is 42.5 Å². The first-order valence-electron chi connectivity index (χ1n) is 11.4. The second-order valence-electron chi connectivity index (χ2n) is 8.49. The summed E-state index contributed by atoms with van der Waals surface area (Å²) in [6.07, 6.45) is 0.346. The largest absolute Gasteiger partial charge is 0.481 e. The second kappa shape index (κ2) is 12.0. The summed E-state index contributed by atoms with van der Waals surface area (Å²) < 4.78 is 5.48. The quantitative estimate of drug-likeness (QED) is 0.371. The molecule has 2 aromatic rings. The van der Waals surface area contributed by atoms with E-state index in [1.165, 1.54) is 34.9 Å². The van der Waals surface area contributed by atoms with Gasteiger partial charge in [-0.25, -0.2) is 9.79 Å². The van der Waals surface area contributed by atoms with E-state index < -0.39 is 28.9 Å². The topological polar surface area (TPSA) is 143 Å². The number of non-ortho nitro benzene ring substituents is 1. The van der Waals surface area contributed by atoms with Gasteiger partial charge in [0.2, 0.25) is 5.91 Å². The van der Waals surface area contributed by atoms with Crippen LogP contribution in [0.25, 0.3) is 0 Å². The zero-order chi connectivity index (χ0) is 26.2. The molecular weight excluding hydrogens is 468 g/mol. The Morgan fingerprint density at radius 3 is 2.58 bits per heavy atom. The van der Waals surface area contributed by atoms with Crippen molar-refractivity contribution in [1.29, 1.82) is 0 Å². The minimum absolute atomic E-state index is 0.102. The molecule has 1 N–H and O–H groups in total. The number of urea groups is 1. The molecule has 2 unspecified atom stereocenters. The van der Waals surface area contributed by atoms with Crippen LogP contribution in [0.1, 0.15) is 30.5 Å². The predicted molar refractivity (Wildman–Crippen MR) is 131 cm³/mol. The van der Waals surface area contributed by atoms with Crippen molar-refractivity contribution in [3.05, 3.63) is 75.8 Å². The predicted octanol–water partition coefficient (Wildman–Crippen LogP) is 3.30. The van der Waals surface area contributed by atoms with Gasteiger partial charge < -0.3 is 19.6 Å². The fourth-order valence-electron chi connectivity index (χ4n) is 4.10. The summed E-state index contributed by atoms with van der Waals surface area (Å²) >= 11 is 0. The van der Waals surface area contributed by atoms with Gasteiger partial charge in [-0.05, 0) is 24.5 Å². The molecule has 190 valence electrons. The van der Waals surface area contributed by atoms with Crippen LogP contribution in [0.2, 0.25) is 0 Å². The number of carbonyl (C=O) groups is 3. The number of hydrogen-bond donors (Lipinski definition) is 1. The lowest BCUT2D eigenvalue weighted by Crippen LogP contribution is -2.47. The Bertz CT molecular complexity index is 1150. The van der Waals surface area contributed by atoms with Crippen LogP contribution >= 0.6 is 0 Å². The lowest BCUT2D eigenvalue weighted by Gasteiger charge is -2.38. The van der Waals surface area contributed by atoms with Gasteiger partial charge in [0.25, 0.3) is 5.69 Å². The minimum atomic E-state index is -1.19. The number of ether oxygens (including phenoxy) is 1. The highest BCUT2D eigenvalue weighted by molar-refractivity contribution is 6.07. The number of amides is 3. The van der Waals surface area contributed by atoms with E-state index in [4.69, 9.17) is 4.74 Å². The Morgan fingerprint density at radius 2 is 1.92 bits per heavy atom. The summed E-state index contributed by atoms with van der Waals surface area (Å²) in [6, 6.07) is 13.5. The van der Waals surface area contributed by atoms with E-state index in [1.807, 2.05) is 30.3 Å². The average molecular weight is 497 g/mol. The zero-order valence-corrected chi connectivity index (χ0v) is 20.1. The molecule has 0 aromatic heterocycles. The number of aliphatic imine (C=N–C) groups is 1. The molecule has 0 spiro atoms. The molecule has 1 heterocycles. The maximum absolute atomic E-state index is 12.8. The number of nitrogens with zero attached hydrogens (tertiary/aromatic N) is 4. The van der Waals surface area contributed by atoms with Gasteiger partial charge in [0.05, 0.1) is 17.6 Å². The Balaban J connectivity index is 1.66. The molecule has 0 fully saturated rings. The number of likely N-dealkylation sites (N-methyl/N-ethyl adjacent to an activating group) is 1. The molecule has 1 aliphatic rings. The van der Waals surface area contributed by atoms with Crippen LogP contribution in [0.15, 0.2) is 59.6 Å². The van der Waals surface area contributed by atoms with Gasteiger partial charge in [0.15, 0.2) is 0 Å². The van der Waals surface area contributed by atoms with Crippen molar-refractivity contribution in [3.63, 3.8) is 0 Å². The number of carboxylic acid groups (broad SMARTS) is 1. The van der Waals surface area contributed by atoms with Crippen LogP contribution < -0.4 is 0 Å². The third-order valence-electron chi connectivity index (χ3n) is 5.96. The molecule has 0 saturated carbocycles. The molecule has 0 bridgehead atoms. The highest BCUT2D eigenvalue weighted by Gasteiger charge is 2.42. The first-order chi connectivity index (χ1) is 17.2. The smallest absolute Gasteiger partial charge is 0.344 e. The van der Waals surface area contributed by atoms with Crippen LogP contribution in [0, 0.1) is 16.0 Å². The average Bonchev–Trinajstić information content (AvgIpc) is 2.85. The molecular formula is C25H28N4O7. The van der Waals surface area contributed by atoms with Crippen molar-refractivity contribution in [2.75, 3.05) is 26.7 Å². The summed E-state index contributed by atoms with van der Waals surface area (Å²) in [5, 5.41) is 21.1. The second-order valence-corrected chi connectivity index (χ2v) is 8.49. The molecule has 0 aliphatic carbocycles. The Labute approximate surface area is 208 Å². The van der Waals surface area contributed by atoms with Gasteiger partial charge in [-0.3, -0.25) is 19.7 Å². The zero-order valence-electron chi connectivity index (χ0n) is 20.1. The van der Waals surface area contributed by atoms with Crippen LogP contribution in [0.5, 0.6) is 0 Å². The lowest BCUT2D eigenvalue weighted by atomic mass is 9.86. The number of hydrogen-bond acceptors (Lipinski definition) is 6. The SMILES string of the molecule is CC1=NC(=O)N(CCCN(C)C(=O)COCc2ccccc2)C(c2cccc([N+](=O)[O-])c2)C1C(=O)O. The minimum Gasteiger partial charge on any atom is -0.481 e. The highest BCUT2D eigenvalue weighted by Crippen LogP contribution is 2.35. The Hall–Kier alpha value is -4.12. The monoisotopic (exact) mass is 496 g/mol. The van der Waals surface area contributed by atoms with E-state index in [0.717, 1.165) is 5.56 Å². The van der Waals surface area contributed by atoms with E-state index in [1.54, 1.807) is 13.1 Å². The van der Waals surface area contributed by atoms with Crippen molar-refractivity contribution in [2.45, 2.75) is 26.0 Å². The maximum Gasteiger partial charge on any atom is 0.344 e. The molecule has 1 aliphatic heterocycles. The molecule has 3 amide bonds. The summed E-state index contributed by atoms with van der Waals surface area (Å²) in [5.74, 6) is -2.58. The first-order valence-corrected chi connectivity index (χ1v) is 11.4. The standard InChI is InChI=1S/C25H28N4O7/c1-17-22(24(31)32)23(19-10-6-11-20(14-19)29(34)35)28(25(33)26-17)13-7-12-27(2)21(30)16-36-15-18-8-4-3-5-9-18/h3-6,8-11,14,22-23H,7,12-13,15-16H2,1-2H3,(H,31,32). The van der Waals surface area contributed by atoms with Crippen molar-refractivity contribution >= 4 is 29.3 Å². The number of aliphatic carboxylic acids is 1. The van der Waals surface area contributed by atoms with Gasteiger partial charge in [-0.2, -0.15) is 0 Å². The van der Waals surface area contributed by atoms with E-state index in [-0.39, 0.29) is 30.5 Å². The van der Waals surface area contributed by atoms with Gasteiger partial charge in [-0.15, -0.1) is 0 Å². The maximum atomic E-state index is 12.8. The first kappa shape index (κ1) is 26.5. The molecule has 0 radical (unpaired) electrons. The fourth-order valence-corrected chi connectivity index (χ4v) is 4.10. The van der Waals surface area contributed by atoms with E-state index in [2.05, 4.69) is 4.99 Å². The Kier molecular flexibility index (Phi) is 8.85. The lowest BCUT2D eigenvalue weighted by molar-refractivity contribution is -0.385. The fraction of sp³-hybridized carbons (Fsp3) is 0.360. The van der Waals surface area contributed by atoms with Crippen LogP contribution in [-0.2, 0) is 20.9 Å². The van der Waals surface area contributed by atoms with E-state index in [0.29, 0.717) is 25.1 Å². The third kappa shape index (κ3) is 6.51. The van der Waals surface area contributed by atoms with Crippen LogP contribution in [0.3, 0.4) is 0 Å². The van der Waals surface area contributed by atoms with Crippen molar-refractivity contribution in [1.82, 2.24) is 9.80 Å². The molecule has 0 saturated heterocycles. The molecule has 3 rings (SSSR count). The van der Waals surface area contributed by atoms with Crippen molar-refractivity contribution in [3.8, 4) is 0 Å². The van der Waals surface area contributed by atoms with E-state index in [9.17, 15) is 29.6 Å².